The second-order valence-corrected chi connectivity index (χ2v) is 4.76. The number of amides is 4. The molecule has 0 radical (unpaired) electrons. The molecule has 0 spiro atoms. The van der Waals surface area contributed by atoms with Gasteiger partial charge >= 0.3 is 24.0 Å². The first-order valence-corrected chi connectivity index (χ1v) is 6.70. The number of imide groups is 2. The van der Waals surface area contributed by atoms with E-state index in [2.05, 4.69) is 18.4 Å². The summed E-state index contributed by atoms with van der Waals surface area (Å²) in [5, 5.41) is 0. The van der Waals surface area contributed by atoms with Crippen LogP contribution in [0.25, 0.3) is 0 Å². The van der Waals surface area contributed by atoms with E-state index < -0.39 is 29.6 Å². The lowest BCUT2D eigenvalue weighted by Crippen LogP contribution is -2.33. The third-order valence-corrected chi connectivity index (χ3v) is 3.13. The van der Waals surface area contributed by atoms with Gasteiger partial charge in [0, 0.05) is 12.1 Å². The van der Waals surface area contributed by atoms with Gasteiger partial charge in [0.25, 0.3) is 0 Å². The molecule has 0 N–H and O–H groups in total. The Balaban J connectivity index is 2.08. The maximum absolute atomic E-state index is 12.4. The van der Waals surface area contributed by atoms with Crippen LogP contribution in [0, 0.1) is 11.8 Å². The minimum absolute atomic E-state index is 0.0910. The monoisotopic (exact) mass is 336 g/mol. The molecule has 0 unspecified atom stereocenters. The van der Waals surface area contributed by atoms with Gasteiger partial charge in [0.05, 0.1) is 12.1 Å². The summed E-state index contributed by atoms with van der Waals surface area (Å²) in [6, 6.07) is 3.32. The molecule has 0 atom stereocenters. The Morgan fingerprint density at radius 3 is 2.17 bits per heavy atom. The predicted molar refractivity (Wildman–Crippen MR) is 77.3 cm³/mol. The third-order valence-electron chi connectivity index (χ3n) is 3.13. The zero-order valence-electron chi connectivity index (χ0n) is 12.3. The first kappa shape index (κ1) is 17.3. The van der Waals surface area contributed by atoms with Crippen LogP contribution >= 0.6 is 0 Å². The van der Waals surface area contributed by atoms with E-state index in [1.165, 1.54) is 18.2 Å². The van der Waals surface area contributed by atoms with Gasteiger partial charge in [-0.3, -0.25) is 14.5 Å². The maximum atomic E-state index is 12.4. The lowest BCUT2D eigenvalue weighted by molar-refractivity contribution is -0.142. The zero-order valence-corrected chi connectivity index (χ0v) is 12.3. The molecule has 0 aromatic heterocycles. The van der Waals surface area contributed by atoms with E-state index in [1.807, 2.05) is 0 Å². The number of halogens is 3. The molecule has 0 aliphatic carbocycles. The van der Waals surface area contributed by atoms with Gasteiger partial charge in [0.1, 0.15) is 0 Å². The highest BCUT2D eigenvalue weighted by Crippen LogP contribution is 2.28. The van der Waals surface area contributed by atoms with Crippen LogP contribution in [0.3, 0.4) is 0 Å². The van der Waals surface area contributed by atoms with E-state index in [0.29, 0.717) is 4.90 Å². The van der Waals surface area contributed by atoms with E-state index in [4.69, 9.17) is 0 Å². The van der Waals surface area contributed by atoms with Crippen molar-refractivity contribution in [1.29, 1.82) is 0 Å². The van der Waals surface area contributed by atoms with Crippen LogP contribution < -0.4 is 0 Å². The van der Waals surface area contributed by atoms with Crippen molar-refractivity contribution in [1.82, 2.24) is 9.80 Å². The Morgan fingerprint density at radius 2 is 1.62 bits per heavy atom. The molecular formula is C16H11F3N2O3. The second kappa shape index (κ2) is 6.58. The van der Waals surface area contributed by atoms with Gasteiger partial charge in [-0.15, -0.1) is 6.58 Å². The summed E-state index contributed by atoms with van der Waals surface area (Å²) in [5.74, 6) is 3.08. The lowest BCUT2D eigenvalue weighted by Gasteiger charge is -2.11. The van der Waals surface area contributed by atoms with E-state index in [-0.39, 0.29) is 18.7 Å². The highest BCUT2D eigenvalue weighted by molar-refractivity contribution is 6.44. The van der Waals surface area contributed by atoms with E-state index in [9.17, 15) is 27.6 Å². The van der Waals surface area contributed by atoms with Gasteiger partial charge < -0.3 is 0 Å². The number of carbonyl (C=O) groups is 3. The molecular weight excluding hydrogens is 325 g/mol. The summed E-state index contributed by atoms with van der Waals surface area (Å²) in [6.45, 7) is 2.96. The summed E-state index contributed by atoms with van der Waals surface area (Å²) >= 11 is 0. The van der Waals surface area contributed by atoms with Crippen LogP contribution in [0.4, 0.5) is 18.0 Å². The standard InChI is InChI=1S/C16H11F3N2O3/c1-2-9-20-13(22)14(23)21(15(20)24)10-3-4-11-5-7-12(8-6-11)16(17,18)19/h2,5-8H,1,9-10H2. The Morgan fingerprint density at radius 1 is 1.04 bits per heavy atom. The molecule has 1 heterocycles. The van der Waals surface area contributed by atoms with Crippen molar-refractivity contribution in [2.24, 2.45) is 0 Å². The second-order valence-electron chi connectivity index (χ2n) is 4.76. The molecule has 1 aliphatic heterocycles. The normalized spacial score (nSPS) is 14.7. The van der Waals surface area contributed by atoms with Crippen LogP contribution in [0.15, 0.2) is 36.9 Å². The molecule has 0 saturated carbocycles. The number of alkyl halides is 3. The van der Waals surface area contributed by atoms with Crippen molar-refractivity contribution in [3.05, 3.63) is 48.0 Å². The van der Waals surface area contributed by atoms with Crippen molar-refractivity contribution >= 4 is 17.8 Å². The van der Waals surface area contributed by atoms with Gasteiger partial charge in [-0.05, 0) is 24.3 Å². The van der Waals surface area contributed by atoms with Crippen LogP contribution in [0.2, 0.25) is 0 Å². The van der Waals surface area contributed by atoms with E-state index in [0.717, 1.165) is 17.0 Å². The fourth-order valence-electron chi connectivity index (χ4n) is 1.94. The minimum atomic E-state index is -4.44. The predicted octanol–water partition coefficient (Wildman–Crippen LogP) is 2.03. The van der Waals surface area contributed by atoms with Gasteiger partial charge in [-0.25, -0.2) is 9.69 Å². The van der Waals surface area contributed by atoms with Crippen molar-refractivity contribution in [2.45, 2.75) is 6.18 Å². The molecule has 24 heavy (non-hydrogen) atoms. The first-order valence-electron chi connectivity index (χ1n) is 6.70. The molecule has 1 fully saturated rings. The molecule has 8 heteroatoms. The molecule has 1 aliphatic rings. The number of nitrogens with zero attached hydrogens (tertiary/aromatic N) is 2. The minimum Gasteiger partial charge on any atom is -0.263 e. The molecule has 0 bridgehead atoms. The van der Waals surface area contributed by atoms with Crippen molar-refractivity contribution in [3.8, 4) is 11.8 Å². The highest BCUT2D eigenvalue weighted by Gasteiger charge is 2.43. The van der Waals surface area contributed by atoms with Crippen LogP contribution in [0.1, 0.15) is 11.1 Å². The Bertz CT molecular complexity index is 758. The third kappa shape index (κ3) is 3.46. The van der Waals surface area contributed by atoms with Crippen molar-refractivity contribution in [2.75, 3.05) is 13.1 Å². The van der Waals surface area contributed by atoms with Gasteiger partial charge in [0.15, 0.2) is 0 Å². The van der Waals surface area contributed by atoms with Gasteiger partial charge in [0.2, 0.25) is 0 Å². The number of hydrogen-bond donors (Lipinski definition) is 0. The number of carbonyl (C=O) groups excluding carboxylic acids is 3. The Kier molecular flexibility index (Phi) is 4.74. The fraction of sp³-hybridized carbons (Fsp3) is 0.188. The quantitative estimate of drug-likeness (QED) is 0.367. The molecule has 1 aromatic carbocycles. The number of hydrogen-bond acceptors (Lipinski definition) is 3. The molecule has 1 saturated heterocycles. The summed E-state index contributed by atoms with van der Waals surface area (Å²) in [7, 11) is 0. The highest BCUT2D eigenvalue weighted by atomic mass is 19.4. The molecule has 124 valence electrons. The zero-order chi connectivity index (χ0) is 17.9. The Labute approximate surface area is 135 Å². The lowest BCUT2D eigenvalue weighted by atomic mass is 10.1. The molecule has 4 amide bonds. The van der Waals surface area contributed by atoms with Crippen molar-refractivity contribution in [3.63, 3.8) is 0 Å². The number of rotatable bonds is 3. The average molecular weight is 336 g/mol. The van der Waals surface area contributed by atoms with E-state index >= 15 is 0 Å². The molecule has 2 rings (SSSR count). The van der Waals surface area contributed by atoms with Crippen LogP contribution in [0.5, 0.6) is 0 Å². The summed E-state index contributed by atoms with van der Waals surface area (Å²) in [6.07, 6.45) is -3.13. The SMILES string of the molecule is C=CCN1C(=O)C(=O)N(CC#Cc2ccc(C(F)(F)F)cc2)C1=O. The van der Waals surface area contributed by atoms with E-state index in [1.54, 1.807) is 0 Å². The summed E-state index contributed by atoms with van der Waals surface area (Å²) in [4.78, 5) is 36.6. The maximum Gasteiger partial charge on any atom is 0.416 e. The summed E-state index contributed by atoms with van der Waals surface area (Å²) in [5.41, 5.74) is -0.514. The van der Waals surface area contributed by atoms with Crippen molar-refractivity contribution < 1.29 is 27.6 Å². The smallest absolute Gasteiger partial charge is 0.263 e. The number of benzene rings is 1. The topological polar surface area (TPSA) is 57.7 Å². The van der Waals surface area contributed by atoms with Crippen LogP contribution in [-0.2, 0) is 15.8 Å². The fourth-order valence-corrected chi connectivity index (χ4v) is 1.94. The molecule has 5 nitrogen and oxygen atoms in total. The number of urea groups is 1. The largest absolute Gasteiger partial charge is 0.416 e. The van der Waals surface area contributed by atoms with Gasteiger partial charge in [-0.1, -0.05) is 17.9 Å². The first-order chi connectivity index (χ1) is 11.3. The average Bonchev–Trinajstić information content (AvgIpc) is 2.72. The van der Waals surface area contributed by atoms with Crippen LogP contribution in [-0.4, -0.2) is 40.7 Å². The molecule has 1 aromatic rings. The summed E-state index contributed by atoms with van der Waals surface area (Å²) < 4.78 is 37.3. The Hall–Kier alpha value is -3.08. The van der Waals surface area contributed by atoms with Gasteiger partial charge in [-0.2, -0.15) is 13.2 Å².